The van der Waals surface area contributed by atoms with Crippen molar-refractivity contribution < 1.29 is 23.9 Å². The van der Waals surface area contributed by atoms with E-state index in [4.69, 9.17) is 9.47 Å². The topological polar surface area (TPSA) is 93.7 Å². The Bertz CT molecular complexity index is 1040. The molecule has 0 spiro atoms. The van der Waals surface area contributed by atoms with Gasteiger partial charge in [-0.05, 0) is 36.8 Å². The van der Waals surface area contributed by atoms with Gasteiger partial charge in [0.05, 0.1) is 0 Å². The highest BCUT2D eigenvalue weighted by Gasteiger charge is 2.22. The lowest BCUT2D eigenvalue weighted by Gasteiger charge is -2.16. The van der Waals surface area contributed by atoms with Crippen molar-refractivity contribution in [2.75, 3.05) is 0 Å². The van der Waals surface area contributed by atoms with Crippen LogP contribution in [0, 0.1) is 0 Å². The number of ether oxygens (including phenoxy) is 2. The first-order chi connectivity index (χ1) is 15.0. The Morgan fingerprint density at radius 3 is 2.13 bits per heavy atom. The molecular formula is C24H22N2O5. The Morgan fingerprint density at radius 1 is 0.806 bits per heavy atom. The van der Waals surface area contributed by atoms with Crippen molar-refractivity contribution in [3.8, 4) is 5.75 Å². The summed E-state index contributed by atoms with van der Waals surface area (Å²) in [6.45, 7) is 1.70. The molecule has 3 rings (SSSR count). The van der Waals surface area contributed by atoms with E-state index in [2.05, 4.69) is 10.9 Å². The first-order valence-corrected chi connectivity index (χ1v) is 9.66. The van der Waals surface area contributed by atoms with Gasteiger partial charge in [0.1, 0.15) is 17.9 Å². The van der Waals surface area contributed by atoms with Gasteiger partial charge in [-0.25, -0.2) is 4.79 Å². The number of carbonyl (C=O) groups excluding carboxylic acids is 3. The number of amides is 2. The Hall–Kier alpha value is -4.13. The van der Waals surface area contributed by atoms with Crippen molar-refractivity contribution in [1.82, 2.24) is 10.9 Å². The molecule has 0 saturated carbocycles. The molecule has 0 saturated heterocycles. The molecule has 0 bridgehead atoms. The first kappa shape index (κ1) is 21.6. The number of hydrogen-bond donors (Lipinski definition) is 2. The summed E-state index contributed by atoms with van der Waals surface area (Å²) in [7, 11) is 0. The van der Waals surface area contributed by atoms with Crippen LogP contribution in [0.4, 0.5) is 0 Å². The summed E-state index contributed by atoms with van der Waals surface area (Å²) in [5, 5.41) is 0. The van der Waals surface area contributed by atoms with Crippen LogP contribution in [0.5, 0.6) is 5.75 Å². The maximum Gasteiger partial charge on any atom is 0.342 e. The highest BCUT2D eigenvalue weighted by Crippen LogP contribution is 2.21. The van der Waals surface area contributed by atoms with Gasteiger partial charge in [-0.15, -0.1) is 0 Å². The summed E-state index contributed by atoms with van der Waals surface area (Å²) in [6.07, 6.45) is -1.13. The molecule has 2 amide bonds. The minimum Gasteiger partial charge on any atom is -0.488 e. The SMILES string of the molecule is C[C@H](OC(=O)c1ccccc1OCc1ccccc1)C(=O)NNC(=O)c1ccccc1. The number of para-hydroxylation sites is 1. The Kier molecular flexibility index (Phi) is 7.37. The van der Waals surface area contributed by atoms with E-state index < -0.39 is 23.9 Å². The fourth-order valence-electron chi connectivity index (χ4n) is 2.66. The molecule has 3 aromatic rings. The molecule has 3 aromatic carbocycles. The molecule has 0 aromatic heterocycles. The minimum absolute atomic E-state index is 0.200. The van der Waals surface area contributed by atoms with E-state index in [0.717, 1.165) is 5.56 Å². The quantitative estimate of drug-likeness (QED) is 0.454. The van der Waals surface area contributed by atoms with Gasteiger partial charge in [-0.1, -0.05) is 60.7 Å². The molecule has 1 atom stereocenters. The molecule has 0 aliphatic rings. The maximum absolute atomic E-state index is 12.6. The van der Waals surface area contributed by atoms with Crippen molar-refractivity contribution in [3.63, 3.8) is 0 Å². The van der Waals surface area contributed by atoms with Crippen molar-refractivity contribution in [1.29, 1.82) is 0 Å². The van der Waals surface area contributed by atoms with Crippen LogP contribution in [0.25, 0.3) is 0 Å². The van der Waals surface area contributed by atoms with Crippen LogP contribution >= 0.6 is 0 Å². The van der Waals surface area contributed by atoms with Crippen LogP contribution in [-0.2, 0) is 16.1 Å². The Labute approximate surface area is 180 Å². The summed E-state index contributed by atoms with van der Waals surface area (Å²) in [5.41, 5.74) is 6.08. The number of hydrogen-bond acceptors (Lipinski definition) is 5. The normalized spacial score (nSPS) is 11.1. The molecule has 7 heteroatoms. The van der Waals surface area contributed by atoms with Crippen molar-refractivity contribution in [3.05, 3.63) is 102 Å². The van der Waals surface area contributed by atoms with E-state index in [0.29, 0.717) is 11.3 Å². The predicted octanol–water partition coefficient (Wildman–Crippen LogP) is 3.27. The van der Waals surface area contributed by atoms with Crippen molar-refractivity contribution in [2.24, 2.45) is 0 Å². The molecule has 0 unspecified atom stereocenters. The van der Waals surface area contributed by atoms with Gasteiger partial charge in [-0.2, -0.15) is 0 Å². The molecule has 2 N–H and O–H groups in total. The molecule has 0 aliphatic carbocycles. The fraction of sp³-hybridized carbons (Fsp3) is 0.125. The van der Waals surface area contributed by atoms with E-state index in [-0.39, 0.29) is 12.2 Å². The smallest absolute Gasteiger partial charge is 0.342 e. The zero-order chi connectivity index (χ0) is 22.1. The van der Waals surface area contributed by atoms with E-state index in [1.165, 1.54) is 6.92 Å². The highest BCUT2D eigenvalue weighted by molar-refractivity contribution is 5.97. The van der Waals surface area contributed by atoms with E-state index in [9.17, 15) is 14.4 Å². The molecular weight excluding hydrogens is 396 g/mol. The molecule has 31 heavy (non-hydrogen) atoms. The number of carbonyl (C=O) groups is 3. The van der Waals surface area contributed by atoms with Gasteiger partial charge in [0, 0.05) is 5.56 Å². The third-order valence-corrected chi connectivity index (χ3v) is 4.33. The van der Waals surface area contributed by atoms with Crippen LogP contribution in [-0.4, -0.2) is 23.9 Å². The standard InChI is InChI=1S/C24H22N2O5/c1-17(22(27)25-26-23(28)19-12-6-3-7-13-19)31-24(29)20-14-8-9-15-21(20)30-16-18-10-4-2-5-11-18/h2-15,17H,16H2,1H3,(H,25,27)(H,26,28)/t17-/m0/s1. The number of nitrogens with one attached hydrogen (secondary N) is 2. The molecule has 0 heterocycles. The Morgan fingerprint density at radius 2 is 1.42 bits per heavy atom. The van der Waals surface area contributed by atoms with E-state index in [1.54, 1.807) is 54.6 Å². The largest absolute Gasteiger partial charge is 0.488 e. The van der Waals surface area contributed by atoms with Crippen molar-refractivity contribution in [2.45, 2.75) is 19.6 Å². The average Bonchev–Trinajstić information content (AvgIpc) is 2.82. The van der Waals surface area contributed by atoms with Crippen LogP contribution in [0.1, 0.15) is 33.2 Å². The second kappa shape index (κ2) is 10.6. The van der Waals surface area contributed by atoms with Crippen LogP contribution in [0.2, 0.25) is 0 Å². The van der Waals surface area contributed by atoms with Crippen LogP contribution in [0.15, 0.2) is 84.9 Å². The zero-order valence-electron chi connectivity index (χ0n) is 16.9. The minimum atomic E-state index is -1.13. The number of hydrazine groups is 1. The van der Waals surface area contributed by atoms with E-state index in [1.807, 2.05) is 30.3 Å². The maximum atomic E-state index is 12.6. The molecule has 7 nitrogen and oxygen atoms in total. The lowest BCUT2D eigenvalue weighted by atomic mass is 10.2. The second-order valence-corrected chi connectivity index (χ2v) is 6.63. The van der Waals surface area contributed by atoms with Crippen LogP contribution < -0.4 is 15.6 Å². The van der Waals surface area contributed by atoms with Gasteiger partial charge >= 0.3 is 5.97 Å². The third-order valence-electron chi connectivity index (χ3n) is 4.33. The summed E-state index contributed by atoms with van der Waals surface area (Å²) in [5.74, 6) is -1.51. The zero-order valence-corrected chi connectivity index (χ0v) is 16.9. The van der Waals surface area contributed by atoms with Gasteiger partial charge in [0.2, 0.25) is 0 Å². The van der Waals surface area contributed by atoms with Gasteiger partial charge in [0.15, 0.2) is 6.10 Å². The fourth-order valence-corrected chi connectivity index (χ4v) is 2.66. The van der Waals surface area contributed by atoms with Crippen molar-refractivity contribution >= 4 is 17.8 Å². The highest BCUT2D eigenvalue weighted by atomic mass is 16.5. The second-order valence-electron chi connectivity index (χ2n) is 6.63. The summed E-state index contributed by atoms with van der Waals surface area (Å²) in [4.78, 5) is 36.8. The lowest BCUT2D eigenvalue weighted by molar-refractivity contribution is -0.129. The number of esters is 1. The number of benzene rings is 3. The lowest BCUT2D eigenvalue weighted by Crippen LogP contribution is -2.46. The predicted molar refractivity (Wildman–Crippen MR) is 114 cm³/mol. The molecule has 0 fully saturated rings. The summed E-state index contributed by atoms with van der Waals surface area (Å²) in [6, 6.07) is 24.6. The molecule has 158 valence electrons. The van der Waals surface area contributed by atoms with E-state index >= 15 is 0 Å². The van der Waals surface area contributed by atoms with Gasteiger partial charge < -0.3 is 9.47 Å². The van der Waals surface area contributed by atoms with Gasteiger partial charge in [0.25, 0.3) is 11.8 Å². The number of rotatable bonds is 7. The Balaban J connectivity index is 1.55. The van der Waals surface area contributed by atoms with Gasteiger partial charge in [-0.3, -0.25) is 20.4 Å². The third kappa shape index (κ3) is 6.17. The monoisotopic (exact) mass is 418 g/mol. The summed E-state index contributed by atoms with van der Waals surface area (Å²) < 4.78 is 11.0. The molecule has 0 radical (unpaired) electrons. The average molecular weight is 418 g/mol. The van der Waals surface area contributed by atoms with Crippen LogP contribution in [0.3, 0.4) is 0 Å². The molecule has 0 aliphatic heterocycles. The first-order valence-electron chi connectivity index (χ1n) is 9.66. The summed E-state index contributed by atoms with van der Waals surface area (Å²) >= 11 is 0.